The first-order valence-electron chi connectivity index (χ1n) is 9.65. The van der Waals surface area contributed by atoms with Gasteiger partial charge in [0.15, 0.2) is 11.5 Å². The van der Waals surface area contributed by atoms with Crippen molar-refractivity contribution in [3.8, 4) is 11.5 Å². The van der Waals surface area contributed by atoms with Gasteiger partial charge in [0.1, 0.15) is 6.61 Å². The lowest BCUT2D eigenvalue weighted by atomic mass is 10.1. The number of methoxy groups -OCH3 is 1. The van der Waals surface area contributed by atoms with Gasteiger partial charge in [-0.2, -0.15) is 0 Å². The van der Waals surface area contributed by atoms with Crippen LogP contribution in [0.5, 0.6) is 11.5 Å². The zero-order valence-electron chi connectivity index (χ0n) is 17.0. The van der Waals surface area contributed by atoms with E-state index in [1.54, 1.807) is 13.2 Å². The Balaban J connectivity index is 1.59. The van der Waals surface area contributed by atoms with Gasteiger partial charge in [0, 0.05) is 16.6 Å². The average Bonchev–Trinajstić information content (AvgIpc) is 2.71. The molecule has 6 heteroatoms. The molecule has 0 unspecified atom stereocenters. The third-order valence-corrected chi connectivity index (χ3v) is 5.54. The monoisotopic (exact) mass is 463 g/mol. The molecule has 0 spiro atoms. The molecule has 158 valence electrons. The Bertz CT molecular complexity index is 1010. The number of hydrogen-bond donors (Lipinski definition) is 1. The Morgan fingerprint density at radius 2 is 1.73 bits per heavy atom. The summed E-state index contributed by atoms with van der Waals surface area (Å²) >= 11 is 18.7. The van der Waals surface area contributed by atoms with Crippen LogP contribution in [0, 0.1) is 6.92 Å². The van der Waals surface area contributed by atoms with Crippen LogP contribution in [-0.2, 0) is 19.6 Å². The van der Waals surface area contributed by atoms with Gasteiger partial charge in [-0.25, -0.2) is 0 Å². The molecule has 0 heterocycles. The summed E-state index contributed by atoms with van der Waals surface area (Å²) in [5, 5.41) is 5.26. The van der Waals surface area contributed by atoms with Crippen LogP contribution in [0.15, 0.2) is 54.6 Å². The Morgan fingerprint density at radius 3 is 2.47 bits per heavy atom. The second-order valence-electron chi connectivity index (χ2n) is 7.05. The van der Waals surface area contributed by atoms with E-state index >= 15 is 0 Å². The van der Waals surface area contributed by atoms with E-state index in [0.717, 1.165) is 29.7 Å². The lowest BCUT2D eigenvalue weighted by Crippen LogP contribution is -2.17. The van der Waals surface area contributed by atoms with Crippen molar-refractivity contribution < 1.29 is 9.47 Å². The zero-order valence-corrected chi connectivity index (χ0v) is 19.2. The number of nitrogens with one attached hydrogen (secondary N) is 1. The summed E-state index contributed by atoms with van der Waals surface area (Å²) in [5.74, 6) is 1.17. The van der Waals surface area contributed by atoms with E-state index in [9.17, 15) is 0 Å². The van der Waals surface area contributed by atoms with Gasteiger partial charge in [0.05, 0.1) is 12.1 Å². The number of hydrogen-bond acceptors (Lipinski definition) is 3. The first-order valence-corrected chi connectivity index (χ1v) is 10.8. The lowest BCUT2D eigenvalue weighted by molar-refractivity contribution is 0.284. The van der Waals surface area contributed by atoms with Crippen molar-refractivity contribution in [2.45, 2.75) is 26.5 Å². The first-order chi connectivity index (χ1) is 14.5. The minimum Gasteiger partial charge on any atom is -0.493 e. The smallest absolute Gasteiger partial charge is 0.180 e. The predicted octanol–water partition coefficient (Wildman–Crippen LogP) is 6.88. The van der Waals surface area contributed by atoms with E-state index in [1.165, 1.54) is 5.56 Å². The molecule has 0 aliphatic carbocycles. The normalized spacial score (nSPS) is 10.8. The summed E-state index contributed by atoms with van der Waals surface area (Å²) in [4.78, 5) is 0. The van der Waals surface area contributed by atoms with E-state index in [0.29, 0.717) is 39.7 Å². The predicted molar refractivity (Wildman–Crippen MR) is 125 cm³/mol. The highest BCUT2D eigenvalue weighted by molar-refractivity contribution is 6.35. The number of ether oxygens (including phenoxy) is 2. The van der Waals surface area contributed by atoms with Gasteiger partial charge >= 0.3 is 0 Å². The van der Waals surface area contributed by atoms with Crippen molar-refractivity contribution in [2.75, 3.05) is 13.7 Å². The molecule has 0 saturated heterocycles. The van der Waals surface area contributed by atoms with Crippen LogP contribution >= 0.6 is 34.8 Å². The van der Waals surface area contributed by atoms with Crippen molar-refractivity contribution in [3.63, 3.8) is 0 Å². The summed E-state index contributed by atoms with van der Waals surface area (Å²) in [6.45, 7) is 3.91. The Kier molecular flexibility index (Phi) is 8.29. The molecule has 0 saturated carbocycles. The SMILES string of the molecule is COc1cc(CNCCc2ccc(Cl)cc2Cl)cc(Cl)c1OCc1cccc(C)c1. The summed E-state index contributed by atoms with van der Waals surface area (Å²) in [6, 6.07) is 17.6. The number of aryl methyl sites for hydroxylation is 1. The molecule has 3 aromatic rings. The molecular formula is C24H24Cl3NO2. The minimum absolute atomic E-state index is 0.428. The van der Waals surface area contributed by atoms with Crippen LogP contribution in [0.4, 0.5) is 0 Å². The second kappa shape index (κ2) is 10.9. The molecule has 30 heavy (non-hydrogen) atoms. The van der Waals surface area contributed by atoms with Gasteiger partial charge in [-0.1, -0.05) is 70.7 Å². The highest BCUT2D eigenvalue weighted by atomic mass is 35.5. The van der Waals surface area contributed by atoms with E-state index in [4.69, 9.17) is 44.3 Å². The molecule has 0 atom stereocenters. The van der Waals surface area contributed by atoms with Crippen LogP contribution in [-0.4, -0.2) is 13.7 Å². The summed E-state index contributed by atoms with van der Waals surface area (Å²) < 4.78 is 11.5. The van der Waals surface area contributed by atoms with E-state index in [2.05, 4.69) is 24.4 Å². The zero-order chi connectivity index (χ0) is 21.5. The molecule has 0 aromatic heterocycles. The van der Waals surface area contributed by atoms with Crippen molar-refractivity contribution in [3.05, 3.63) is 91.9 Å². The summed E-state index contributed by atoms with van der Waals surface area (Å²) in [6.07, 6.45) is 0.804. The Labute approximate surface area is 192 Å². The molecule has 0 radical (unpaired) electrons. The van der Waals surface area contributed by atoms with Gasteiger partial charge in [-0.15, -0.1) is 0 Å². The summed E-state index contributed by atoms with van der Waals surface area (Å²) in [5.41, 5.74) is 4.35. The largest absolute Gasteiger partial charge is 0.493 e. The molecule has 0 amide bonds. The molecule has 3 nitrogen and oxygen atoms in total. The number of halogens is 3. The van der Waals surface area contributed by atoms with Gasteiger partial charge in [-0.3, -0.25) is 0 Å². The maximum Gasteiger partial charge on any atom is 0.180 e. The third kappa shape index (κ3) is 6.29. The van der Waals surface area contributed by atoms with Crippen molar-refractivity contribution >= 4 is 34.8 Å². The fourth-order valence-corrected chi connectivity index (χ4v) is 3.94. The average molecular weight is 465 g/mol. The maximum atomic E-state index is 6.49. The molecule has 0 bridgehead atoms. The van der Waals surface area contributed by atoms with Gasteiger partial charge in [0.2, 0.25) is 0 Å². The number of benzene rings is 3. The fraction of sp³-hybridized carbons (Fsp3) is 0.250. The third-order valence-electron chi connectivity index (χ3n) is 4.67. The highest BCUT2D eigenvalue weighted by Gasteiger charge is 2.12. The second-order valence-corrected chi connectivity index (χ2v) is 8.30. The molecule has 0 fully saturated rings. The van der Waals surface area contributed by atoms with E-state index < -0.39 is 0 Å². The van der Waals surface area contributed by atoms with Gasteiger partial charge in [0.25, 0.3) is 0 Å². The van der Waals surface area contributed by atoms with Crippen LogP contribution in [0.25, 0.3) is 0 Å². The van der Waals surface area contributed by atoms with Crippen LogP contribution in [0.1, 0.15) is 22.3 Å². The van der Waals surface area contributed by atoms with Crippen molar-refractivity contribution in [1.29, 1.82) is 0 Å². The quantitative estimate of drug-likeness (QED) is 0.350. The standard InChI is InChI=1S/C24H24Cl3NO2/c1-16-4-3-5-17(10-16)15-30-24-22(27)11-18(12-23(24)29-2)14-28-9-8-19-6-7-20(25)13-21(19)26/h3-7,10-13,28H,8-9,14-15H2,1-2H3. The molecule has 0 aliphatic heterocycles. The molecule has 0 aliphatic rings. The first kappa shape index (κ1) is 22.8. The topological polar surface area (TPSA) is 30.5 Å². The van der Waals surface area contributed by atoms with E-state index in [-0.39, 0.29) is 0 Å². The lowest BCUT2D eigenvalue weighted by Gasteiger charge is -2.15. The minimum atomic E-state index is 0.428. The van der Waals surface area contributed by atoms with Gasteiger partial charge < -0.3 is 14.8 Å². The maximum absolute atomic E-state index is 6.49. The number of rotatable bonds is 9. The molecule has 1 N–H and O–H groups in total. The van der Waals surface area contributed by atoms with Crippen LogP contribution < -0.4 is 14.8 Å². The van der Waals surface area contributed by atoms with Crippen LogP contribution in [0.2, 0.25) is 15.1 Å². The van der Waals surface area contributed by atoms with Crippen molar-refractivity contribution in [2.24, 2.45) is 0 Å². The van der Waals surface area contributed by atoms with E-state index in [1.807, 2.05) is 36.4 Å². The van der Waals surface area contributed by atoms with Crippen LogP contribution in [0.3, 0.4) is 0 Å². The molecule has 3 aromatic carbocycles. The highest BCUT2D eigenvalue weighted by Crippen LogP contribution is 2.37. The summed E-state index contributed by atoms with van der Waals surface area (Å²) in [7, 11) is 1.62. The van der Waals surface area contributed by atoms with Crippen molar-refractivity contribution in [1.82, 2.24) is 5.32 Å². The molecular weight excluding hydrogens is 441 g/mol. The fourth-order valence-electron chi connectivity index (χ4n) is 3.15. The Hall–Kier alpha value is -1.91. The molecule has 3 rings (SSSR count). The Morgan fingerprint density at radius 1 is 0.900 bits per heavy atom. The van der Waals surface area contributed by atoms with Gasteiger partial charge in [-0.05, 0) is 60.8 Å².